The molecular weight excluding hydrogens is 228 g/mol. The molecule has 4 rings (SSSR count). The third-order valence-corrected chi connectivity index (χ3v) is 3.88. The Hall–Kier alpha value is -2.34. The molecule has 0 nitrogen and oxygen atoms in total. The van der Waals surface area contributed by atoms with Crippen molar-refractivity contribution < 1.29 is 0 Å². The first kappa shape index (κ1) is 10.6. The van der Waals surface area contributed by atoms with Crippen molar-refractivity contribution in [3.8, 4) is 22.3 Å². The van der Waals surface area contributed by atoms with Gasteiger partial charge in [0.2, 0.25) is 0 Å². The van der Waals surface area contributed by atoms with Gasteiger partial charge in [-0.3, -0.25) is 0 Å². The number of hydrogen-bond acceptors (Lipinski definition) is 0. The Morgan fingerprint density at radius 3 is 2.47 bits per heavy atom. The molecule has 3 aliphatic rings. The number of hydrogen-bond donors (Lipinski definition) is 0. The molecule has 0 fully saturated rings. The van der Waals surface area contributed by atoms with Gasteiger partial charge in [-0.1, -0.05) is 66.7 Å². The third kappa shape index (κ3) is 1.61. The van der Waals surface area contributed by atoms with E-state index in [1.54, 1.807) is 0 Å². The molecule has 0 heteroatoms. The van der Waals surface area contributed by atoms with Gasteiger partial charge in [0.05, 0.1) is 0 Å². The summed E-state index contributed by atoms with van der Waals surface area (Å²) in [5, 5.41) is 0. The van der Waals surface area contributed by atoms with Crippen molar-refractivity contribution in [1.82, 2.24) is 0 Å². The lowest BCUT2D eigenvalue weighted by molar-refractivity contribution is 1.29. The molecular formula is C19H14. The predicted molar refractivity (Wildman–Crippen MR) is 81.2 cm³/mol. The molecule has 0 radical (unpaired) electrons. The number of allylic oxidation sites excluding steroid dienone is 1. The number of benzene rings is 1. The van der Waals surface area contributed by atoms with Crippen molar-refractivity contribution in [2.75, 3.05) is 0 Å². The topological polar surface area (TPSA) is 0 Å². The molecule has 0 heterocycles. The minimum absolute atomic E-state index is 1.02. The van der Waals surface area contributed by atoms with Gasteiger partial charge in [-0.2, -0.15) is 0 Å². The summed E-state index contributed by atoms with van der Waals surface area (Å²) in [6.45, 7) is 0. The summed E-state index contributed by atoms with van der Waals surface area (Å²) in [6, 6.07) is 21.8. The lowest BCUT2D eigenvalue weighted by Gasteiger charge is -2.05. The van der Waals surface area contributed by atoms with E-state index in [4.69, 9.17) is 0 Å². The highest BCUT2D eigenvalue weighted by Gasteiger charge is 2.17. The molecule has 90 valence electrons. The summed E-state index contributed by atoms with van der Waals surface area (Å²) < 4.78 is 0. The van der Waals surface area contributed by atoms with Crippen LogP contribution < -0.4 is 0 Å². The summed E-state index contributed by atoms with van der Waals surface area (Å²) in [4.78, 5) is 0. The first-order valence-electron chi connectivity index (χ1n) is 6.70. The van der Waals surface area contributed by atoms with Gasteiger partial charge in [0.15, 0.2) is 0 Å². The van der Waals surface area contributed by atoms with E-state index < -0.39 is 0 Å². The van der Waals surface area contributed by atoms with Crippen molar-refractivity contribution in [3.63, 3.8) is 0 Å². The van der Waals surface area contributed by atoms with Gasteiger partial charge in [-0.25, -0.2) is 0 Å². The van der Waals surface area contributed by atoms with Crippen LogP contribution in [0.15, 0.2) is 66.7 Å². The maximum Gasteiger partial charge on any atom is -0.00879 e. The second kappa shape index (κ2) is 4.10. The van der Waals surface area contributed by atoms with Gasteiger partial charge in [0.25, 0.3) is 0 Å². The van der Waals surface area contributed by atoms with Crippen LogP contribution in [0.3, 0.4) is 0 Å². The average Bonchev–Trinajstić information content (AvgIpc) is 2.62. The molecule has 0 aromatic heterocycles. The molecule has 0 atom stereocenters. The third-order valence-electron chi connectivity index (χ3n) is 3.88. The largest absolute Gasteiger partial charge is 0.0795 e. The van der Waals surface area contributed by atoms with Crippen LogP contribution in [0.2, 0.25) is 0 Å². The highest BCUT2D eigenvalue weighted by Crippen LogP contribution is 2.41. The molecule has 0 saturated heterocycles. The second-order valence-corrected chi connectivity index (χ2v) is 5.02. The lowest BCUT2D eigenvalue weighted by atomic mass is 9.99. The molecule has 19 heavy (non-hydrogen) atoms. The molecule has 0 unspecified atom stereocenters. The Bertz CT molecular complexity index is 750. The highest BCUT2D eigenvalue weighted by atomic mass is 14.2. The fourth-order valence-electron chi connectivity index (χ4n) is 2.98. The van der Waals surface area contributed by atoms with E-state index in [-0.39, 0.29) is 0 Å². The van der Waals surface area contributed by atoms with Gasteiger partial charge in [-0.05, 0) is 45.9 Å². The standard InChI is InChI=1S/C19H14/c1-2-8-15-13-19-16-11-5-4-7-14(16)9-6-12-18(19)17(15)10-3-1/h1-8,10-13H,9H2. The first-order chi connectivity index (χ1) is 9.43. The molecule has 1 aromatic carbocycles. The lowest BCUT2D eigenvalue weighted by Crippen LogP contribution is -1.84. The van der Waals surface area contributed by atoms with E-state index >= 15 is 0 Å². The van der Waals surface area contributed by atoms with Crippen molar-refractivity contribution in [2.24, 2.45) is 0 Å². The average molecular weight is 242 g/mol. The Morgan fingerprint density at radius 2 is 1.47 bits per heavy atom. The minimum atomic E-state index is 1.02. The van der Waals surface area contributed by atoms with Crippen LogP contribution in [0.5, 0.6) is 0 Å². The van der Waals surface area contributed by atoms with E-state index in [9.17, 15) is 0 Å². The highest BCUT2D eigenvalue weighted by molar-refractivity contribution is 5.93. The zero-order chi connectivity index (χ0) is 12.7. The van der Waals surface area contributed by atoms with Crippen LogP contribution >= 0.6 is 0 Å². The van der Waals surface area contributed by atoms with E-state index in [1.165, 1.54) is 33.4 Å². The van der Waals surface area contributed by atoms with Crippen molar-refractivity contribution in [1.29, 1.82) is 0 Å². The van der Waals surface area contributed by atoms with E-state index in [0.717, 1.165) is 6.42 Å². The van der Waals surface area contributed by atoms with Gasteiger partial charge >= 0.3 is 0 Å². The first-order valence-corrected chi connectivity index (χ1v) is 6.70. The summed E-state index contributed by atoms with van der Waals surface area (Å²) in [5.41, 5.74) is 8.17. The molecule has 0 spiro atoms. The van der Waals surface area contributed by atoms with Crippen LogP contribution in [0.25, 0.3) is 28.3 Å². The Morgan fingerprint density at radius 1 is 0.684 bits per heavy atom. The molecule has 3 aliphatic carbocycles. The van der Waals surface area contributed by atoms with Crippen LogP contribution in [0.1, 0.15) is 11.1 Å². The summed E-state index contributed by atoms with van der Waals surface area (Å²) in [5.74, 6) is 0. The minimum Gasteiger partial charge on any atom is -0.0795 e. The van der Waals surface area contributed by atoms with E-state index in [1.807, 2.05) is 0 Å². The van der Waals surface area contributed by atoms with Crippen LogP contribution in [0, 0.1) is 0 Å². The van der Waals surface area contributed by atoms with Gasteiger partial charge in [0.1, 0.15) is 0 Å². The Kier molecular flexibility index (Phi) is 2.28. The normalized spacial score (nSPS) is 12.8. The fraction of sp³-hybridized carbons (Fsp3) is 0.0526. The van der Waals surface area contributed by atoms with E-state index in [0.29, 0.717) is 0 Å². The van der Waals surface area contributed by atoms with Crippen LogP contribution in [-0.4, -0.2) is 0 Å². The summed E-state index contributed by atoms with van der Waals surface area (Å²) in [7, 11) is 0. The smallest absolute Gasteiger partial charge is 0.00879 e. The molecule has 0 amide bonds. The molecule has 0 N–H and O–H groups in total. The van der Waals surface area contributed by atoms with Crippen molar-refractivity contribution >= 4 is 6.08 Å². The quantitative estimate of drug-likeness (QED) is 0.518. The molecule has 0 bridgehead atoms. The Labute approximate surface area is 113 Å². The predicted octanol–water partition coefficient (Wildman–Crippen LogP) is 5.03. The zero-order valence-electron chi connectivity index (χ0n) is 10.6. The number of fused-ring (bicyclic) bond motifs is 5. The monoisotopic (exact) mass is 242 g/mol. The van der Waals surface area contributed by atoms with Crippen LogP contribution in [-0.2, 0) is 6.42 Å². The van der Waals surface area contributed by atoms with Crippen LogP contribution in [0.4, 0.5) is 0 Å². The van der Waals surface area contributed by atoms with Gasteiger partial charge < -0.3 is 0 Å². The van der Waals surface area contributed by atoms with Gasteiger partial charge in [0, 0.05) is 0 Å². The number of rotatable bonds is 0. The molecule has 0 aliphatic heterocycles. The Balaban J connectivity index is 2.10. The summed E-state index contributed by atoms with van der Waals surface area (Å²) in [6.07, 6.45) is 5.57. The SMILES string of the molecule is C1=Cc2c3cccccc-3cc2-c2ccccc2C1. The second-order valence-electron chi connectivity index (χ2n) is 5.02. The maximum absolute atomic E-state index is 2.32. The maximum atomic E-state index is 2.32. The summed E-state index contributed by atoms with van der Waals surface area (Å²) >= 11 is 0. The molecule has 1 aromatic rings. The van der Waals surface area contributed by atoms with Crippen molar-refractivity contribution in [2.45, 2.75) is 6.42 Å². The van der Waals surface area contributed by atoms with Crippen molar-refractivity contribution in [3.05, 3.63) is 77.9 Å². The van der Waals surface area contributed by atoms with Gasteiger partial charge in [-0.15, -0.1) is 0 Å². The van der Waals surface area contributed by atoms with E-state index in [2.05, 4.69) is 72.8 Å². The zero-order valence-corrected chi connectivity index (χ0v) is 10.6. The fourth-order valence-corrected chi connectivity index (χ4v) is 2.98. The molecule has 0 saturated carbocycles.